The number of benzene rings is 1. The first-order chi connectivity index (χ1) is 9.09. The van der Waals surface area contributed by atoms with E-state index in [1.54, 1.807) is 7.11 Å². The molecule has 2 atom stereocenters. The molecule has 106 valence electrons. The van der Waals surface area contributed by atoms with Crippen LogP contribution in [0.2, 0.25) is 5.02 Å². The van der Waals surface area contributed by atoms with E-state index in [-0.39, 0.29) is 12.0 Å². The molecule has 0 amide bonds. The predicted molar refractivity (Wildman–Crippen MR) is 77.7 cm³/mol. The van der Waals surface area contributed by atoms with E-state index in [1.807, 2.05) is 18.2 Å². The first kappa shape index (κ1) is 14.6. The number of halogens is 1. The molecule has 2 rings (SSSR count). The Hall–Kier alpha value is -0.770. The van der Waals surface area contributed by atoms with Crippen molar-refractivity contribution in [1.82, 2.24) is 5.32 Å². The maximum Gasteiger partial charge on any atom is 0.137 e. The molecular formula is C15H22ClNO2. The van der Waals surface area contributed by atoms with Gasteiger partial charge in [0.1, 0.15) is 5.75 Å². The Morgan fingerprint density at radius 2 is 2.32 bits per heavy atom. The fourth-order valence-electron chi connectivity index (χ4n) is 2.83. The van der Waals surface area contributed by atoms with E-state index in [0.717, 1.165) is 24.9 Å². The summed E-state index contributed by atoms with van der Waals surface area (Å²) in [7, 11) is 1.62. The molecule has 0 heterocycles. The molecule has 1 fully saturated rings. The van der Waals surface area contributed by atoms with E-state index in [4.69, 9.17) is 16.3 Å². The minimum absolute atomic E-state index is 0.0102. The summed E-state index contributed by atoms with van der Waals surface area (Å²) < 4.78 is 5.14. The van der Waals surface area contributed by atoms with E-state index >= 15 is 0 Å². The molecule has 0 aromatic heterocycles. The van der Waals surface area contributed by atoms with Crippen molar-refractivity contribution in [2.75, 3.05) is 13.7 Å². The van der Waals surface area contributed by atoms with Crippen LogP contribution in [0.15, 0.2) is 18.2 Å². The van der Waals surface area contributed by atoms with Crippen molar-refractivity contribution in [3.05, 3.63) is 28.8 Å². The van der Waals surface area contributed by atoms with Gasteiger partial charge in [-0.1, -0.05) is 31.0 Å². The molecule has 0 saturated heterocycles. The number of aliphatic hydroxyl groups excluding tert-OH is 1. The average Bonchev–Trinajstić information content (AvgIpc) is 2.78. The Kier molecular flexibility index (Phi) is 4.71. The van der Waals surface area contributed by atoms with Gasteiger partial charge in [0.2, 0.25) is 0 Å². The molecule has 1 aromatic carbocycles. The number of hydrogen-bond acceptors (Lipinski definition) is 3. The Balaban J connectivity index is 1.97. The summed E-state index contributed by atoms with van der Waals surface area (Å²) >= 11 is 6.12. The maximum atomic E-state index is 9.53. The second-order valence-electron chi connectivity index (χ2n) is 5.61. The van der Waals surface area contributed by atoms with Gasteiger partial charge in [0, 0.05) is 24.6 Å². The van der Waals surface area contributed by atoms with Crippen LogP contribution in [0, 0.1) is 5.41 Å². The highest BCUT2D eigenvalue weighted by molar-refractivity contribution is 6.32. The van der Waals surface area contributed by atoms with Gasteiger partial charge < -0.3 is 15.2 Å². The molecule has 1 aliphatic rings. The van der Waals surface area contributed by atoms with E-state index in [2.05, 4.69) is 12.2 Å². The lowest BCUT2D eigenvalue weighted by molar-refractivity contribution is 0.118. The summed E-state index contributed by atoms with van der Waals surface area (Å²) in [5.41, 5.74) is 1.15. The standard InChI is InChI=1S/C15H22ClNO2/c1-15(10-18)7-3-4-14(15)17-9-11-5-6-13(19-2)12(16)8-11/h5-6,8,14,17-18H,3-4,7,9-10H2,1-2H3. The summed E-state index contributed by atoms with van der Waals surface area (Å²) in [4.78, 5) is 0. The zero-order valence-corrected chi connectivity index (χ0v) is 12.3. The van der Waals surface area contributed by atoms with Crippen molar-refractivity contribution in [3.63, 3.8) is 0 Å². The zero-order chi connectivity index (χ0) is 13.9. The quantitative estimate of drug-likeness (QED) is 0.873. The van der Waals surface area contributed by atoms with Gasteiger partial charge in [-0.15, -0.1) is 0 Å². The zero-order valence-electron chi connectivity index (χ0n) is 11.6. The lowest BCUT2D eigenvalue weighted by atomic mass is 9.86. The topological polar surface area (TPSA) is 41.5 Å². The number of hydrogen-bond donors (Lipinski definition) is 2. The highest BCUT2D eigenvalue weighted by Crippen LogP contribution is 2.37. The van der Waals surface area contributed by atoms with E-state index < -0.39 is 0 Å². The summed E-state index contributed by atoms with van der Waals surface area (Å²) in [6, 6.07) is 6.21. The van der Waals surface area contributed by atoms with Crippen LogP contribution in [0.5, 0.6) is 5.75 Å². The van der Waals surface area contributed by atoms with Gasteiger partial charge in [-0.3, -0.25) is 0 Å². The summed E-state index contributed by atoms with van der Waals surface area (Å²) in [6.07, 6.45) is 3.39. The highest BCUT2D eigenvalue weighted by atomic mass is 35.5. The van der Waals surface area contributed by atoms with E-state index in [0.29, 0.717) is 16.8 Å². The molecule has 3 nitrogen and oxygen atoms in total. The SMILES string of the molecule is COc1ccc(CNC2CCCC2(C)CO)cc1Cl. The van der Waals surface area contributed by atoms with Crippen LogP contribution in [-0.2, 0) is 6.54 Å². The first-order valence-electron chi connectivity index (χ1n) is 6.76. The van der Waals surface area contributed by atoms with Gasteiger partial charge in [-0.25, -0.2) is 0 Å². The molecule has 0 radical (unpaired) electrons. The fraction of sp³-hybridized carbons (Fsp3) is 0.600. The molecule has 4 heteroatoms. The smallest absolute Gasteiger partial charge is 0.137 e. The molecule has 2 N–H and O–H groups in total. The van der Waals surface area contributed by atoms with Gasteiger partial charge in [0.25, 0.3) is 0 Å². The summed E-state index contributed by atoms with van der Waals surface area (Å²) in [5, 5.41) is 13.7. The second kappa shape index (κ2) is 6.12. The third-order valence-electron chi connectivity index (χ3n) is 4.21. The Labute approximate surface area is 119 Å². The van der Waals surface area contributed by atoms with Gasteiger partial charge in [0.05, 0.1) is 12.1 Å². The molecule has 0 spiro atoms. The molecule has 0 aliphatic heterocycles. The summed E-state index contributed by atoms with van der Waals surface area (Å²) in [5.74, 6) is 0.700. The minimum atomic E-state index is 0.0102. The molecule has 19 heavy (non-hydrogen) atoms. The minimum Gasteiger partial charge on any atom is -0.495 e. The van der Waals surface area contributed by atoms with Crippen LogP contribution in [0.3, 0.4) is 0 Å². The lowest BCUT2D eigenvalue weighted by Gasteiger charge is -2.30. The van der Waals surface area contributed by atoms with Crippen LogP contribution in [0.4, 0.5) is 0 Å². The van der Waals surface area contributed by atoms with Crippen molar-refractivity contribution in [2.45, 2.75) is 38.8 Å². The molecule has 1 aromatic rings. The van der Waals surface area contributed by atoms with Gasteiger partial charge >= 0.3 is 0 Å². The predicted octanol–water partition coefficient (Wildman–Crippen LogP) is 2.99. The number of aliphatic hydroxyl groups is 1. The molecule has 1 aliphatic carbocycles. The molecule has 1 saturated carbocycles. The monoisotopic (exact) mass is 283 g/mol. The Bertz CT molecular complexity index is 438. The second-order valence-corrected chi connectivity index (χ2v) is 6.01. The number of rotatable bonds is 5. The van der Waals surface area contributed by atoms with Crippen LogP contribution in [0.25, 0.3) is 0 Å². The number of nitrogens with one attached hydrogen (secondary N) is 1. The average molecular weight is 284 g/mol. The normalized spacial score (nSPS) is 26.6. The Morgan fingerprint density at radius 3 is 2.95 bits per heavy atom. The van der Waals surface area contributed by atoms with Crippen molar-refractivity contribution in [1.29, 1.82) is 0 Å². The van der Waals surface area contributed by atoms with Crippen molar-refractivity contribution in [2.24, 2.45) is 5.41 Å². The highest BCUT2D eigenvalue weighted by Gasteiger charge is 2.37. The van der Waals surface area contributed by atoms with Crippen LogP contribution >= 0.6 is 11.6 Å². The van der Waals surface area contributed by atoms with Gasteiger partial charge in [-0.05, 0) is 30.5 Å². The largest absolute Gasteiger partial charge is 0.495 e. The van der Waals surface area contributed by atoms with Crippen LogP contribution < -0.4 is 10.1 Å². The number of ether oxygens (including phenoxy) is 1. The lowest BCUT2D eigenvalue weighted by Crippen LogP contribution is -2.41. The number of methoxy groups -OCH3 is 1. The molecular weight excluding hydrogens is 262 g/mol. The van der Waals surface area contributed by atoms with Gasteiger partial charge in [-0.2, -0.15) is 0 Å². The third-order valence-corrected chi connectivity index (χ3v) is 4.51. The van der Waals surface area contributed by atoms with Crippen LogP contribution in [0.1, 0.15) is 31.7 Å². The third kappa shape index (κ3) is 3.22. The van der Waals surface area contributed by atoms with Gasteiger partial charge in [0.15, 0.2) is 0 Å². The fourth-order valence-corrected chi connectivity index (χ4v) is 3.11. The molecule has 2 unspecified atom stereocenters. The van der Waals surface area contributed by atoms with Crippen molar-refractivity contribution < 1.29 is 9.84 Å². The van der Waals surface area contributed by atoms with Crippen molar-refractivity contribution in [3.8, 4) is 5.75 Å². The summed E-state index contributed by atoms with van der Waals surface area (Å²) in [6.45, 7) is 3.16. The Morgan fingerprint density at radius 1 is 1.53 bits per heavy atom. The first-order valence-corrected chi connectivity index (χ1v) is 7.13. The van der Waals surface area contributed by atoms with E-state index in [1.165, 1.54) is 6.42 Å². The van der Waals surface area contributed by atoms with Crippen molar-refractivity contribution >= 4 is 11.6 Å². The van der Waals surface area contributed by atoms with E-state index in [9.17, 15) is 5.11 Å². The van der Waals surface area contributed by atoms with Crippen LogP contribution in [-0.4, -0.2) is 24.9 Å². The molecule has 0 bridgehead atoms. The maximum absolute atomic E-state index is 9.53.